The molecule has 0 radical (unpaired) electrons. The molecule has 1 aromatic carbocycles. The van der Waals surface area contributed by atoms with Crippen LogP contribution in [0, 0.1) is 13.8 Å². The Bertz CT molecular complexity index is 777. The zero-order chi connectivity index (χ0) is 16.6. The summed E-state index contributed by atoms with van der Waals surface area (Å²) < 4.78 is 0. The number of aromatic nitrogens is 2. The number of hydrogen-bond acceptors (Lipinski definition) is 5. The zero-order valence-electron chi connectivity index (χ0n) is 13.5. The number of rotatable bonds is 3. The van der Waals surface area contributed by atoms with E-state index in [-0.39, 0.29) is 0 Å². The van der Waals surface area contributed by atoms with Crippen molar-refractivity contribution in [2.45, 2.75) is 32.0 Å². The largest absolute Gasteiger partial charge is 0.478 e. The summed E-state index contributed by atoms with van der Waals surface area (Å²) in [4.78, 5) is 22.6. The van der Waals surface area contributed by atoms with Crippen LogP contribution in [0.1, 0.15) is 32.7 Å². The van der Waals surface area contributed by atoms with Gasteiger partial charge in [-0.25, -0.2) is 14.8 Å². The lowest BCUT2D eigenvalue weighted by Crippen LogP contribution is -2.32. The normalized spacial score (nSPS) is 13.8. The molecule has 23 heavy (non-hydrogen) atoms. The number of aryl methyl sites for hydroxylation is 1. The van der Waals surface area contributed by atoms with Crippen LogP contribution in [-0.4, -0.2) is 33.8 Å². The fourth-order valence-corrected chi connectivity index (χ4v) is 3.50. The molecule has 0 aliphatic carbocycles. The van der Waals surface area contributed by atoms with Crippen molar-refractivity contribution in [3.05, 3.63) is 46.3 Å². The molecule has 1 N–H and O–H groups in total. The van der Waals surface area contributed by atoms with Crippen molar-refractivity contribution in [1.82, 2.24) is 9.97 Å². The number of thioether (sulfide) groups is 1. The molecule has 0 bridgehead atoms. The van der Waals surface area contributed by atoms with E-state index >= 15 is 0 Å². The molecule has 1 aliphatic heterocycles. The second-order valence-corrected chi connectivity index (χ2v) is 6.48. The Hall–Kier alpha value is -2.08. The summed E-state index contributed by atoms with van der Waals surface area (Å²) in [5, 5.41) is 10.2. The van der Waals surface area contributed by atoms with E-state index in [1.165, 1.54) is 0 Å². The molecule has 0 atom stereocenters. The van der Waals surface area contributed by atoms with Crippen LogP contribution in [0.2, 0.25) is 0 Å². The first kappa shape index (κ1) is 15.8. The summed E-state index contributed by atoms with van der Waals surface area (Å²) in [7, 11) is 0. The molecule has 0 unspecified atom stereocenters. The summed E-state index contributed by atoms with van der Waals surface area (Å²) in [5.41, 5.74) is 5.52. The van der Waals surface area contributed by atoms with E-state index in [9.17, 15) is 9.90 Å². The maximum absolute atomic E-state index is 11.4. The lowest BCUT2D eigenvalue weighted by Gasteiger charge is -2.32. The van der Waals surface area contributed by atoms with Crippen LogP contribution >= 0.6 is 11.8 Å². The Morgan fingerprint density at radius 2 is 2.13 bits per heavy atom. The summed E-state index contributed by atoms with van der Waals surface area (Å²) in [5.74, 6) is -0.880. The molecule has 2 aromatic rings. The highest BCUT2D eigenvalue weighted by atomic mass is 32.2. The monoisotopic (exact) mass is 329 g/mol. The zero-order valence-corrected chi connectivity index (χ0v) is 14.3. The summed E-state index contributed by atoms with van der Waals surface area (Å²) in [6, 6.07) is 3.57. The van der Waals surface area contributed by atoms with Crippen molar-refractivity contribution in [3.63, 3.8) is 0 Å². The van der Waals surface area contributed by atoms with E-state index in [0.717, 1.165) is 52.7 Å². The van der Waals surface area contributed by atoms with Crippen LogP contribution in [0.4, 0.5) is 5.69 Å². The van der Waals surface area contributed by atoms with Gasteiger partial charge in [0.25, 0.3) is 0 Å². The quantitative estimate of drug-likeness (QED) is 0.689. The Morgan fingerprint density at radius 1 is 1.35 bits per heavy atom. The third-order valence-electron chi connectivity index (χ3n) is 4.27. The van der Waals surface area contributed by atoms with Crippen molar-refractivity contribution in [2.24, 2.45) is 0 Å². The van der Waals surface area contributed by atoms with Crippen LogP contribution in [-0.2, 0) is 13.0 Å². The summed E-state index contributed by atoms with van der Waals surface area (Å²) in [6.45, 7) is 5.46. The number of aromatic carboxylic acids is 1. The van der Waals surface area contributed by atoms with Gasteiger partial charge < -0.3 is 10.0 Å². The standard InChI is InChI=1S/C17H19N3O2S/c1-10-4-5-13(16(21)22)11(2)15(10)20-7-6-14-12(9-20)8-18-17(19-14)23-3/h4-5,8H,6-7,9H2,1-3H3,(H,21,22). The maximum atomic E-state index is 11.4. The van der Waals surface area contributed by atoms with Gasteiger partial charge in [-0.05, 0) is 37.3 Å². The predicted octanol–water partition coefficient (Wildman–Crippen LogP) is 3.08. The second kappa shape index (κ2) is 6.20. The molecule has 0 amide bonds. The molecule has 0 fully saturated rings. The van der Waals surface area contributed by atoms with Crippen LogP contribution in [0.3, 0.4) is 0 Å². The number of fused-ring (bicyclic) bond motifs is 1. The van der Waals surface area contributed by atoms with E-state index in [0.29, 0.717) is 5.56 Å². The van der Waals surface area contributed by atoms with Gasteiger partial charge in [-0.3, -0.25) is 0 Å². The first-order valence-corrected chi connectivity index (χ1v) is 8.71. The van der Waals surface area contributed by atoms with E-state index < -0.39 is 5.97 Å². The van der Waals surface area contributed by atoms with E-state index in [4.69, 9.17) is 0 Å². The number of benzene rings is 1. The number of anilines is 1. The van der Waals surface area contributed by atoms with Gasteiger partial charge in [0.2, 0.25) is 0 Å². The topological polar surface area (TPSA) is 66.3 Å². The maximum Gasteiger partial charge on any atom is 0.336 e. The molecular formula is C17H19N3O2S. The molecule has 0 spiro atoms. The lowest BCUT2D eigenvalue weighted by atomic mass is 9.99. The molecule has 120 valence electrons. The van der Waals surface area contributed by atoms with Crippen LogP contribution < -0.4 is 4.90 Å². The average Bonchev–Trinajstić information content (AvgIpc) is 2.54. The molecular weight excluding hydrogens is 310 g/mol. The molecule has 0 saturated carbocycles. The van der Waals surface area contributed by atoms with E-state index in [1.807, 2.05) is 32.4 Å². The smallest absolute Gasteiger partial charge is 0.336 e. The minimum Gasteiger partial charge on any atom is -0.478 e. The minimum absolute atomic E-state index is 0.366. The van der Waals surface area contributed by atoms with Gasteiger partial charge in [0.05, 0.1) is 11.3 Å². The molecule has 0 saturated heterocycles. The van der Waals surface area contributed by atoms with Gasteiger partial charge in [-0.15, -0.1) is 0 Å². The lowest BCUT2D eigenvalue weighted by molar-refractivity contribution is 0.0696. The number of carbonyl (C=O) groups is 1. The van der Waals surface area contributed by atoms with Crippen LogP contribution in [0.5, 0.6) is 0 Å². The Labute approximate surface area is 139 Å². The first-order valence-electron chi connectivity index (χ1n) is 7.48. The van der Waals surface area contributed by atoms with Crippen molar-refractivity contribution in [3.8, 4) is 0 Å². The van der Waals surface area contributed by atoms with Crippen molar-refractivity contribution in [2.75, 3.05) is 17.7 Å². The number of carboxylic acid groups (broad SMARTS) is 1. The third-order valence-corrected chi connectivity index (χ3v) is 4.84. The Balaban J connectivity index is 1.98. The Kier molecular flexibility index (Phi) is 4.26. The van der Waals surface area contributed by atoms with Crippen molar-refractivity contribution in [1.29, 1.82) is 0 Å². The van der Waals surface area contributed by atoms with Gasteiger partial charge in [0.15, 0.2) is 5.16 Å². The molecule has 6 heteroatoms. The molecule has 1 aliphatic rings. The molecule has 5 nitrogen and oxygen atoms in total. The molecule has 2 heterocycles. The van der Waals surface area contributed by atoms with Gasteiger partial charge in [0.1, 0.15) is 0 Å². The number of hydrogen-bond donors (Lipinski definition) is 1. The van der Waals surface area contributed by atoms with Gasteiger partial charge >= 0.3 is 5.97 Å². The third kappa shape index (κ3) is 2.91. The average molecular weight is 329 g/mol. The minimum atomic E-state index is -0.880. The molecule has 3 rings (SSSR count). The highest BCUT2D eigenvalue weighted by Gasteiger charge is 2.23. The second-order valence-electron chi connectivity index (χ2n) is 5.71. The number of nitrogens with zero attached hydrogens (tertiary/aromatic N) is 3. The van der Waals surface area contributed by atoms with Crippen LogP contribution in [0.25, 0.3) is 0 Å². The van der Waals surface area contributed by atoms with Gasteiger partial charge in [0, 0.05) is 37.0 Å². The van der Waals surface area contributed by atoms with Gasteiger partial charge in [-0.1, -0.05) is 17.8 Å². The van der Waals surface area contributed by atoms with Crippen molar-refractivity contribution >= 4 is 23.4 Å². The van der Waals surface area contributed by atoms with Gasteiger partial charge in [-0.2, -0.15) is 0 Å². The van der Waals surface area contributed by atoms with E-state index in [2.05, 4.69) is 14.9 Å². The van der Waals surface area contributed by atoms with Crippen LogP contribution in [0.15, 0.2) is 23.5 Å². The molecule has 1 aromatic heterocycles. The fourth-order valence-electron chi connectivity index (χ4n) is 3.14. The van der Waals surface area contributed by atoms with E-state index in [1.54, 1.807) is 17.8 Å². The highest BCUT2D eigenvalue weighted by molar-refractivity contribution is 7.98. The summed E-state index contributed by atoms with van der Waals surface area (Å²) >= 11 is 1.55. The number of carboxylic acids is 1. The Morgan fingerprint density at radius 3 is 2.83 bits per heavy atom. The SMILES string of the molecule is CSc1ncc2c(n1)CCN(c1c(C)ccc(C(=O)O)c1C)C2. The predicted molar refractivity (Wildman–Crippen MR) is 91.4 cm³/mol. The fraction of sp³-hybridized carbons (Fsp3) is 0.353. The van der Waals surface area contributed by atoms with Crippen molar-refractivity contribution < 1.29 is 9.90 Å². The summed E-state index contributed by atoms with van der Waals surface area (Å²) in [6.07, 6.45) is 4.72. The first-order chi connectivity index (χ1) is 11.0. The highest BCUT2D eigenvalue weighted by Crippen LogP contribution is 2.31.